The van der Waals surface area contributed by atoms with Crippen molar-refractivity contribution in [3.8, 4) is 17.0 Å². The molecular formula is C27H31ClN4O2S. The molecule has 2 aromatic heterocycles. The van der Waals surface area contributed by atoms with E-state index in [4.69, 9.17) is 21.3 Å². The molecule has 184 valence electrons. The summed E-state index contributed by atoms with van der Waals surface area (Å²) in [6.45, 7) is 10.3. The number of ether oxygens (including phenoxy) is 1. The number of rotatable bonds is 5. The summed E-state index contributed by atoms with van der Waals surface area (Å²) < 4.78 is 8.87. The Bertz CT molecular complexity index is 1380. The Morgan fingerprint density at radius 3 is 2.60 bits per heavy atom. The lowest BCUT2D eigenvalue weighted by Crippen LogP contribution is -2.49. The SMILES string of the molecule is COc1cccc(-c2nc3sc4cc(Cl)ccc4n3c2CN2CCN(C(=O)CC(C)(C)C)CC2)c1. The molecule has 1 saturated heterocycles. The van der Waals surface area contributed by atoms with Crippen molar-refractivity contribution in [2.24, 2.45) is 5.41 Å². The van der Waals surface area contributed by atoms with Crippen molar-refractivity contribution in [2.45, 2.75) is 33.7 Å². The molecular weight excluding hydrogens is 480 g/mol. The summed E-state index contributed by atoms with van der Waals surface area (Å²) in [4.78, 5) is 23.2. The minimum Gasteiger partial charge on any atom is -0.497 e. The van der Waals surface area contributed by atoms with E-state index in [1.165, 1.54) is 0 Å². The number of halogens is 1. The quantitative estimate of drug-likeness (QED) is 0.332. The topological polar surface area (TPSA) is 50.1 Å². The summed E-state index contributed by atoms with van der Waals surface area (Å²) in [6, 6.07) is 14.1. The molecule has 6 nitrogen and oxygen atoms in total. The first-order valence-corrected chi connectivity index (χ1v) is 13.2. The molecule has 0 unspecified atom stereocenters. The van der Waals surface area contributed by atoms with Crippen LogP contribution in [0.4, 0.5) is 0 Å². The third kappa shape index (κ3) is 5.03. The lowest BCUT2D eigenvalue weighted by atomic mass is 9.91. The van der Waals surface area contributed by atoms with Crippen molar-refractivity contribution < 1.29 is 9.53 Å². The monoisotopic (exact) mass is 510 g/mol. The molecule has 0 aliphatic carbocycles. The van der Waals surface area contributed by atoms with Crippen LogP contribution >= 0.6 is 22.9 Å². The van der Waals surface area contributed by atoms with Crippen LogP contribution in [0, 0.1) is 5.41 Å². The van der Waals surface area contributed by atoms with Gasteiger partial charge in [0.25, 0.3) is 0 Å². The van der Waals surface area contributed by atoms with E-state index in [-0.39, 0.29) is 11.3 Å². The number of nitrogens with zero attached hydrogens (tertiary/aromatic N) is 4. The summed E-state index contributed by atoms with van der Waals surface area (Å²) in [5.74, 6) is 1.06. The minimum atomic E-state index is 0.00592. The highest BCUT2D eigenvalue weighted by molar-refractivity contribution is 7.23. The number of hydrogen-bond donors (Lipinski definition) is 0. The van der Waals surface area contributed by atoms with Crippen LogP contribution in [0.15, 0.2) is 42.5 Å². The van der Waals surface area contributed by atoms with Crippen LogP contribution in [0.1, 0.15) is 32.9 Å². The van der Waals surface area contributed by atoms with Gasteiger partial charge >= 0.3 is 0 Å². The van der Waals surface area contributed by atoms with Crippen molar-refractivity contribution in [2.75, 3.05) is 33.3 Å². The molecule has 4 aromatic rings. The molecule has 1 aliphatic heterocycles. The molecule has 0 radical (unpaired) electrons. The maximum Gasteiger partial charge on any atom is 0.223 e. The number of fused-ring (bicyclic) bond motifs is 3. The Hall–Kier alpha value is -2.61. The second-order valence-corrected chi connectivity index (χ2v) is 11.8. The molecule has 0 atom stereocenters. The first-order valence-electron chi connectivity index (χ1n) is 12.0. The zero-order chi connectivity index (χ0) is 24.7. The molecule has 0 bridgehead atoms. The van der Waals surface area contributed by atoms with Gasteiger partial charge in [0, 0.05) is 49.7 Å². The third-order valence-electron chi connectivity index (χ3n) is 6.43. The number of methoxy groups -OCH3 is 1. The van der Waals surface area contributed by atoms with Crippen molar-refractivity contribution in [1.82, 2.24) is 19.2 Å². The highest BCUT2D eigenvalue weighted by Gasteiger charge is 2.27. The van der Waals surface area contributed by atoms with Crippen LogP contribution < -0.4 is 4.74 Å². The molecule has 0 spiro atoms. The van der Waals surface area contributed by atoms with Crippen molar-refractivity contribution >= 4 is 44.0 Å². The smallest absolute Gasteiger partial charge is 0.223 e. The average molecular weight is 511 g/mol. The molecule has 8 heteroatoms. The van der Waals surface area contributed by atoms with Gasteiger partial charge in [-0.25, -0.2) is 4.98 Å². The normalized spacial score (nSPS) is 15.3. The summed E-state index contributed by atoms with van der Waals surface area (Å²) in [5, 5.41) is 0.729. The number of piperazine rings is 1. The van der Waals surface area contributed by atoms with Crippen molar-refractivity contribution in [1.29, 1.82) is 0 Å². The van der Waals surface area contributed by atoms with E-state index >= 15 is 0 Å². The van der Waals surface area contributed by atoms with Gasteiger partial charge in [-0.2, -0.15) is 0 Å². The Balaban J connectivity index is 1.47. The summed E-state index contributed by atoms with van der Waals surface area (Å²) in [7, 11) is 1.68. The van der Waals surface area contributed by atoms with Gasteiger partial charge in [0.05, 0.1) is 28.7 Å². The number of benzene rings is 2. The summed E-state index contributed by atoms with van der Waals surface area (Å²) >= 11 is 7.92. The van der Waals surface area contributed by atoms with E-state index < -0.39 is 0 Å². The highest BCUT2D eigenvalue weighted by Crippen LogP contribution is 2.36. The predicted octanol–water partition coefficient (Wildman–Crippen LogP) is 5.96. The van der Waals surface area contributed by atoms with Crippen LogP contribution in [0.3, 0.4) is 0 Å². The number of imidazole rings is 1. The first-order chi connectivity index (χ1) is 16.7. The Morgan fingerprint density at radius 1 is 1.11 bits per heavy atom. The predicted molar refractivity (Wildman–Crippen MR) is 144 cm³/mol. The molecule has 1 amide bonds. The van der Waals surface area contributed by atoms with E-state index in [1.54, 1.807) is 18.4 Å². The van der Waals surface area contributed by atoms with Gasteiger partial charge in [0.2, 0.25) is 5.91 Å². The fourth-order valence-electron chi connectivity index (χ4n) is 4.68. The molecule has 1 aliphatic rings. The van der Waals surface area contributed by atoms with Gasteiger partial charge in [-0.1, -0.05) is 55.8 Å². The van der Waals surface area contributed by atoms with Crippen LogP contribution in [0.5, 0.6) is 5.75 Å². The lowest BCUT2D eigenvalue weighted by Gasteiger charge is -2.36. The molecule has 3 heterocycles. The van der Waals surface area contributed by atoms with E-state index in [1.807, 2.05) is 35.2 Å². The standard InChI is InChI=1S/C27H31ClN4O2S/c1-27(2,3)16-24(33)31-12-10-30(11-13-31)17-22-25(18-6-5-7-20(14-18)34-4)29-26-32(22)21-9-8-19(28)15-23(21)35-26/h5-9,14-15H,10-13,16-17H2,1-4H3. The van der Waals surface area contributed by atoms with E-state index in [2.05, 4.69) is 42.2 Å². The van der Waals surface area contributed by atoms with E-state index in [9.17, 15) is 4.79 Å². The molecule has 2 aromatic carbocycles. The van der Waals surface area contributed by atoms with Crippen LogP contribution in [0.25, 0.3) is 26.4 Å². The first kappa shape index (κ1) is 24.1. The number of thiazole rings is 1. The minimum absolute atomic E-state index is 0.00592. The second-order valence-electron chi connectivity index (χ2n) is 10.4. The van der Waals surface area contributed by atoms with Gasteiger partial charge < -0.3 is 9.64 Å². The fraction of sp³-hybridized carbons (Fsp3) is 0.407. The lowest BCUT2D eigenvalue weighted by molar-refractivity contribution is -0.134. The second kappa shape index (κ2) is 9.45. The van der Waals surface area contributed by atoms with Crippen LogP contribution in [0.2, 0.25) is 5.02 Å². The van der Waals surface area contributed by atoms with E-state index in [0.717, 1.165) is 75.6 Å². The molecule has 0 N–H and O–H groups in total. The maximum absolute atomic E-state index is 12.7. The fourth-order valence-corrected chi connectivity index (χ4v) is 6.00. The average Bonchev–Trinajstić information content (AvgIpc) is 3.34. The summed E-state index contributed by atoms with van der Waals surface area (Å²) in [5.41, 5.74) is 4.28. The number of aromatic nitrogens is 2. The van der Waals surface area contributed by atoms with Gasteiger partial charge in [0.15, 0.2) is 4.96 Å². The van der Waals surface area contributed by atoms with Crippen LogP contribution in [-0.2, 0) is 11.3 Å². The maximum atomic E-state index is 12.7. The third-order valence-corrected chi connectivity index (χ3v) is 7.67. The zero-order valence-corrected chi connectivity index (χ0v) is 22.2. The highest BCUT2D eigenvalue weighted by atomic mass is 35.5. The van der Waals surface area contributed by atoms with Crippen molar-refractivity contribution in [3.05, 3.63) is 53.2 Å². The van der Waals surface area contributed by atoms with Crippen LogP contribution in [-0.4, -0.2) is 58.4 Å². The Labute approximate surface area is 215 Å². The molecule has 35 heavy (non-hydrogen) atoms. The molecule has 5 rings (SSSR count). The van der Waals surface area contributed by atoms with Gasteiger partial charge in [-0.05, 0) is 35.7 Å². The van der Waals surface area contributed by atoms with Crippen molar-refractivity contribution in [3.63, 3.8) is 0 Å². The molecule has 0 saturated carbocycles. The number of carbonyl (C=O) groups is 1. The number of amides is 1. The van der Waals surface area contributed by atoms with Gasteiger partial charge in [0.1, 0.15) is 5.75 Å². The summed E-state index contributed by atoms with van der Waals surface area (Å²) in [6.07, 6.45) is 0.583. The Kier molecular flexibility index (Phi) is 6.51. The Morgan fingerprint density at radius 2 is 1.89 bits per heavy atom. The van der Waals surface area contributed by atoms with Gasteiger partial charge in [-0.3, -0.25) is 14.1 Å². The number of carbonyl (C=O) groups excluding carboxylic acids is 1. The molecule has 1 fully saturated rings. The number of hydrogen-bond acceptors (Lipinski definition) is 5. The van der Waals surface area contributed by atoms with Gasteiger partial charge in [-0.15, -0.1) is 0 Å². The van der Waals surface area contributed by atoms with E-state index in [0.29, 0.717) is 6.42 Å². The largest absolute Gasteiger partial charge is 0.497 e. The zero-order valence-electron chi connectivity index (χ0n) is 20.7.